The lowest BCUT2D eigenvalue weighted by Crippen LogP contribution is -1.97. The average Bonchev–Trinajstić information content (AvgIpc) is 0.780. The van der Waals surface area contributed by atoms with Crippen LogP contribution in [-0.2, 0) is 0 Å². The van der Waals surface area contributed by atoms with Crippen LogP contribution < -0.4 is 0 Å². The summed E-state index contributed by atoms with van der Waals surface area (Å²) in [6.07, 6.45) is 11.9. The molecule has 0 spiro atoms. The zero-order valence-electron chi connectivity index (χ0n) is 69.1. The van der Waals surface area contributed by atoms with E-state index in [4.69, 9.17) is 68.6 Å². The summed E-state index contributed by atoms with van der Waals surface area (Å²) in [6, 6.07) is 107. The fraction of sp³-hybridized carbons (Fsp3) is 0. The third-order valence-electron chi connectivity index (χ3n) is 26.7. The Morgan fingerprint density at radius 1 is 0.167 bits per heavy atom. The van der Waals surface area contributed by atoms with Crippen molar-refractivity contribution in [2.45, 2.75) is 0 Å². The van der Waals surface area contributed by atoms with Gasteiger partial charge in [-0.1, -0.05) is 182 Å². The van der Waals surface area contributed by atoms with E-state index in [0.29, 0.717) is 51.5 Å². The molecule has 608 valence electrons. The van der Waals surface area contributed by atoms with Gasteiger partial charge in [-0.3, -0.25) is 0 Å². The quantitative estimate of drug-likeness (QED) is 0.131. The number of hydrogen-bond acceptors (Lipinski definition) is 18. The molecule has 0 unspecified atom stereocenters. The highest BCUT2D eigenvalue weighted by Crippen LogP contribution is 2.53. The van der Waals surface area contributed by atoms with Gasteiger partial charge >= 0.3 is 0 Å². The standard InChI is InChI=1S/C114H56N12O2S4/c1-3-21-65-63(19-1)85-51-115-109(57-37-39-93-75(41-57)69-25-7-13-31-91(69)127-93)121-99(85)101-87(65)53-117-111(123-101)59-43-77-70-26-8-14-32-92(70)128-105(77)78(44-59)82-48-60(45-79-72-28-10-16-34-95(72)130-106(79)82)112-118-55-89-67-23-5-6-24-68(67)90-56-120-114(126-104(90)103(89)125-112)62-47-81-74-30-12-18-36-97(74)132-108(81)84(50-62)83-49-61(46-80-73-29-11-17-35-96(73)131-107(80)83)113-119-54-88-66-22-4-2-20-64(66)86-52-116-110(122-100(86)102(88)124-113)58-38-40-98-76(42-58)71-27-9-15-33-94(71)129-98/h1-56H. The van der Waals surface area contributed by atoms with Crippen LogP contribution in [-0.4, -0.2) is 59.8 Å². The number of rotatable bonds is 8. The van der Waals surface area contributed by atoms with Crippen LogP contribution in [0.25, 0.3) is 313 Å². The molecule has 0 amide bonds. The molecule has 18 heteroatoms. The maximum Gasteiger partial charge on any atom is 0.159 e. The zero-order chi connectivity index (χ0) is 85.8. The van der Waals surface area contributed by atoms with Gasteiger partial charge in [0, 0.05) is 227 Å². The van der Waals surface area contributed by atoms with Gasteiger partial charge in [0.05, 0.1) is 0 Å². The summed E-state index contributed by atoms with van der Waals surface area (Å²) < 4.78 is 22.8. The second-order valence-corrected chi connectivity index (χ2v) is 38.2. The van der Waals surface area contributed by atoms with Crippen molar-refractivity contribution < 1.29 is 8.83 Å². The van der Waals surface area contributed by atoms with Crippen molar-refractivity contribution >= 4 is 268 Å². The maximum absolute atomic E-state index is 7.15. The van der Waals surface area contributed by atoms with Gasteiger partial charge in [-0.2, -0.15) is 0 Å². The summed E-state index contributed by atoms with van der Waals surface area (Å²) in [7, 11) is 0. The van der Waals surface area contributed by atoms with Gasteiger partial charge in [0.1, 0.15) is 55.4 Å². The van der Waals surface area contributed by atoms with Gasteiger partial charge in [-0.05, 0) is 154 Å². The summed E-state index contributed by atoms with van der Waals surface area (Å²) in [6.45, 7) is 0. The van der Waals surface area contributed by atoms with Crippen molar-refractivity contribution in [3.63, 3.8) is 0 Å². The lowest BCUT2D eigenvalue weighted by molar-refractivity contribution is 0.669. The lowest BCUT2D eigenvalue weighted by Gasteiger charge is -2.14. The van der Waals surface area contributed by atoms with E-state index in [0.717, 1.165) is 232 Å². The Balaban J connectivity index is 0.596. The predicted octanol–water partition coefficient (Wildman–Crippen LogP) is 31.4. The highest BCUT2D eigenvalue weighted by atomic mass is 32.1. The van der Waals surface area contributed by atoms with E-state index >= 15 is 0 Å². The van der Waals surface area contributed by atoms with E-state index in [1.807, 2.05) is 79.6 Å². The van der Waals surface area contributed by atoms with Crippen LogP contribution in [0, 0.1) is 0 Å². The SMILES string of the molecule is c1ccc2c(c1)oc1ccc(-c3ncc4c5ccccc5c5cnc(-c6cc(-c7cc(-c8ncc9c%10ccccc%10c%10cnc(-c%11cc(-c%12cc(-c%13ncc%14c%15ccccc%15c%15cnc(-c%16ccc%17sc%18ccccc%18c%17c%16)nc%15c%14n%13)cc%13c%12sc%12ccccc%12%13)c%12sc%13ccccc%13c%12c%11)nc%10c9n8)cc8c7sc7ccccc78)c7oc8ccccc8c7c6)nc5c4n3)cc12. The van der Waals surface area contributed by atoms with Gasteiger partial charge in [-0.25, -0.2) is 59.8 Å². The van der Waals surface area contributed by atoms with Crippen molar-refractivity contribution in [2.24, 2.45) is 0 Å². The topological polar surface area (TPSA) is 181 Å². The molecule has 12 heterocycles. The van der Waals surface area contributed by atoms with E-state index in [2.05, 4.69) is 261 Å². The molecule has 0 fully saturated rings. The number of thiophene rings is 4. The summed E-state index contributed by atoms with van der Waals surface area (Å²) in [5, 5.41) is 24.5. The normalized spacial score (nSPS) is 12.4. The Bertz CT molecular complexity index is 9880. The summed E-state index contributed by atoms with van der Waals surface area (Å²) in [5.41, 5.74) is 16.5. The monoisotopic (exact) mass is 1750 g/mol. The summed E-state index contributed by atoms with van der Waals surface area (Å²) >= 11 is 7.17. The molecule has 0 bridgehead atoms. The smallest absolute Gasteiger partial charge is 0.159 e. The van der Waals surface area contributed by atoms with Crippen molar-refractivity contribution in [3.05, 3.63) is 340 Å². The van der Waals surface area contributed by atoms with Crippen LogP contribution in [0.5, 0.6) is 0 Å². The fourth-order valence-corrected chi connectivity index (χ4v) is 25.3. The molecule has 30 rings (SSSR count). The van der Waals surface area contributed by atoms with Crippen molar-refractivity contribution in [1.82, 2.24) is 59.8 Å². The zero-order valence-corrected chi connectivity index (χ0v) is 72.4. The first-order chi connectivity index (χ1) is 65.3. The molecule has 0 N–H and O–H groups in total. The van der Waals surface area contributed by atoms with Crippen LogP contribution in [0.4, 0.5) is 0 Å². The Kier molecular flexibility index (Phi) is 15.0. The third kappa shape index (κ3) is 10.6. The number of furan rings is 2. The average molecular weight is 1750 g/mol. The fourth-order valence-electron chi connectivity index (χ4n) is 20.6. The predicted molar refractivity (Wildman–Crippen MR) is 547 cm³/mol. The number of aromatic nitrogens is 12. The van der Waals surface area contributed by atoms with Crippen molar-refractivity contribution in [3.8, 4) is 90.6 Å². The molecule has 0 saturated heterocycles. The van der Waals surface area contributed by atoms with Gasteiger partial charge in [0.2, 0.25) is 0 Å². The van der Waals surface area contributed by atoms with Gasteiger partial charge in [0.25, 0.3) is 0 Å². The minimum absolute atomic E-state index is 0.530. The molecule has 0 aliphatic rings. The molecule has 12 aromatic heterocycles. The molecular weight excluding hydrogens is 1700 g/mol. The number of hydrogen-bond donors (Lipinski definition) is 0. The third-order valence-corrected chi connectivity index (χ3v) is 31.5. The van der Waals surface area contributed by atoms with E-state index in [1.54, 1.807) is 45.3 Å². The summed E-state index contributed by atoms with van der Waals surface area (Å²) in [5.74, 6) is 3.41. The molecular formula is C114H56N12O2S4. The molecule has 18 aromatic carbocycles. The van der Waals surface area contributed by atoms with E-state index < -0.39 is 0 Å². The van der Waals surface area contributed by atoms with Crippen LogP contribution in [0.1, 0.15) is 0 Å². The summed E-state index contributed by atoms with van der Waals surface area (Å²) in [4.78, 5) is 65.7. The molecule has 0 saturated carbocycles. The highest BCUT2D eigenvalue weighted by molar-refractivity contribution is 7.28. The van der Waals surface area contributed by atoms with E-state index in [-0.39, 0.29) is 0 Å². The molecule has 0 atom stereocenters. The van der Waals surface area contributed by atoms with Crippen LogP contribution in [0.2, 0.25) is 0 Å². The Labute approximate surface area is 761 Å². The Morgan fingerprint density at radius 3 is 0.811 bits per heavy atom. The molecule has 0 aliphatic carbocycles. The van der Waals surface area contributed by atoms with Crippen LogP contribution >= 0.6 is 45.3 Å². The van der Waals surface area contributed by atoms with Crippen LogP contribution in [0.15, 0.2) is 349 Å². The van der Waals surface area contributed by atoms with E-state index in [1.165, 1.54) is 29.6 Å². The molecule has 132 heavy (non-hydrogen) atoms. The molecule has 30 aromatic rings. The first kappa shape index (κ1) is 72.3. The van der Waals surface area contributed by atoms with Crippen molar-refractivity contribution in [1.29, 1.82) is 0 Å². The van der Waals surface area contributed by atoms with E-state index in [9.17, 15) is 0 Å². The number of benzene rings is 18. The Hall–Kier alpha value is -16.7. The van der Waals surface area contributed by atoms with Gasteiger partial charge in [0.15, 0.2) is 34.9 Å². The second kappa shape index (κ2) is 27.4. The Morgan fingerprint density at radius 2 is 0.424 bits per heavy atom. The largest absolute Gasteiger partial charge is 0.456 e. The maximum atomic E-state index is 7.15. The first-order valence-corrected chi connectivity index (χ1v) is 46.8. The minimum atomic E-state index is 0.530. The first-order valence-electron chi connectivity index (χ1n) is 43.5. The lowest BCUT2D eigenvalue weighted by atomic mass is 9.95. The molecule has 0 aliphatic heterocycles. The molecule has 14 nitrogen and oxygen atoms in total. The molecule has 0 radical (unpaired) electrons. The number of nitrogens with zero attached hydrogens (tertiary/aromatic N) is 12. The van der Waals surface area contributed by atoms with Crippen molar-refractivity contribution in [2.75, 3.05) is 0 Å². The minimum Gasteiger partial charge on any atom is -0.456 e. The van der Waals surface area contributed by atoms with Gasteiger partial charge < -0.3 is 8.83 Å². The van der Waals surface area contributed by atoms with Gasteiger partial charge in [-0.15, -0.1) is 45.3 Å². The number of para-hydroxylation sites is 2. The second-order valence-electron chi connectivity index (χ2n) is 34.0. The van der Waals surface area contributed by atoms with Crippen LogP contribution in [0.3, 0.4) is 0 Å². The number of fused-ring (bicyclic) bond motifs is 36. The highest BCUT2D eigenvalue weighted by Gasteiger charge is 2.28.